The van der Waals surface area contributed by atoms with E-state index in [2.05, 4.69) is 48.6 Å². The van der Waals surface area contributed by atoms with Gasteiger partial charge in [-0.2, -0.15) is 0 Å². The van der Waals surface area contributed by atoms with Gasteiger partial charge in [0, 0.05) is 16.8 Å². The van der Waals surface area contributed by atoms with E-state index in [9.17, 15) is 0 Å². The van der Waals surface area contributed by atoms with Gasteiger partial charge in [0.05, 0.1) is 0 Å². The summed E-state index contributed by atoms with van der Waals surface area (Å²) < 4.78 is 0. The normalized spacial score (nSPS) is 21.8. The lowest BCUT2D eigenvalue weighted by Crippen LogP contribution is -2.34. The third kappa shape index (κ3) is 2.62. The van der Waals surface area contributed by atoms with Gasteiger partial charge >= 0.3 is 0 Å². The van der Waals surface area contributed by atoms with Gasteiger partial charge in [0.2, 0.25) is 0 Å². The summed E-state index contributed by atoms with van der Waals surface area (Å²) in [4.78, 5) is 0. The molecule has 1 aliphatic carbocycles. The van der Waals surface area contributed by atoms with Gasteiger partial charge in [0.1, 0.15) is 0 Å². The fourth-order valence-corrected chi connectivity index (χ4v) is 3.04. The van der Waals surface area contributed by atoms with E-state index < -0.39 is 0 Å². The van der Waals surface area contributed by atoms with Crippen LogP contribution in [0.4, 0.5) is 5.69 Å². The summed E-state index contributed by atoms with van der Waals surface area (Å²) in [7, 11) is 0. The Balaban J connectivity index is 1.62. The van der Waals surface area contributed by atoms with Crippen molar-refractivity contribution in [2.24, 2.45) is 0 Å². The van der Waals surface area contributed by atoms with Crippen LogP contribution in [0, 0.1) is 6.92 Å². The second-order valence-electron chi connectivity index (χ2n) is 5.35. The number of para-hydroxylation sites is 1. The third-order valence-electron chi connectivity index (χ3n) is 3.99. The maximum atomic E-state index is 6.24. The molecule has 0 bridgehead atoms. The molecule has 1 nitrogen and oxygen atoms in total. The van der Waals surface area contributed by atoms with Gasteiger partial charge in [-0.05, 0) is 48.9 Å². The van der Waals surface area contributed by atoms with Gasteiger partial charge in [-0.1, -0.05) is 48.0 Å². The Morgan fingerprint density at radius 3 is 2.42 bits per heavy atom. The van der Waals surface area contributed by atoms with Crippen molar-refractivity contribution in [3.63, 3.8) is 0 Å². The minimum absolute atomic E-state index is 0.572. The van der Waals surface area contributed by atoms with Gasteiger partial charge in [-0.25, -0.2) is 0 Å². The first-order valence-electron chi connectivity index (χ1n) is 6.80. The van der Waals surface area contributed by atoms with E-state index in [-0.39, 0.29) is 0 Å². The average molecular weight is 272 g/mol. The number of hydrogen-bond acceptors (Lipinski definition) is 1. The molecule has 0 aromatic heterocycles. The van der Waals surface area contributed by atoms with Crippen LogP contribution in [0.15, 0.2) is 48.5 Å². The van der Waals surface area contributed by atoms with Crippen molar-refractivity contribution in [2.75, 3.05) is 5.32 Å². The van der Waals surface area contributed by atoms with Crippen LogP contribution in [-0.4, -0.2) is 6.04 Å². The molecule has 1 saturated carbocycles. The van der Waals surface area contributed by atoms with E-state index in [1.807, 2.05) is 12.1 Å². The van der Waals surface area contributed by atoms with E-state index in [4.69, 9.17) is 11.6 Å². The Hall–Kier alpha value is -1.47. The standard InChI is InChI=1S/C17H18ClN/c1-12-6-2-5-9-17(12)19-14-10-13(11-14)15-7-3-4-8-16(15)18/h2-9,13-14,19H,10-11H2,1H3. The first kappa shape index (κ1) is 12.6. The van der Waals surface area contributed by atoms with Crippen LogP contribution < -0.4 is 5.32 Å². The molecule has 0 atom stereocenters. The molecule has 2 aromatic carbocycles. The molecule has 0 heterocycles. The SMILES string of the molecule is Cc1ccccc1NC1CC(c2ccccc2Cl)C1. The highest BCUT2D eigenvalue weighted by Gasteiger charge is 2.31. The Kier molecular flexibility index (Phi) is 3.48. The Morgan fingerprint density at radius 1 is 1.00 bits per heavy atom. The zero-order chi connectivity index (χ0) is 13.2. The zero-order valence-corrected chi connectivity index (χ0v) is 11.8. The largest absolute Gasteiger partial charge is 0.382 e. The summed E-state index contributed by atoms with van der Waals surface area (Å²) in [6, 6.07) is 17.2. The molecule has 0 aliphatic heterocycles. The molecule has 0 radical (unpaired) electrons. The first-order valence-corrected chi connectivity index (χ1v) is 7.18. The fraction of sp³-hybridized carbons (Fsp3) is 0.294. The minimum Gasteiger partial charge on any atom is -0.382 e. The molecular formula is C17H18ClN. The number of halogens is 1. The first-order chi connectivity index (χ1) is 9.24. The van der Waals surface area contributed by atoms with Crippen LogP contribution >= 0.6 is 11.6 Å². The molecule has 1 fully saturated rings. The van der Waals surface area contributed by atoms with E-state index in [0.717, 1.165) is 17.9 Å². The van der Waals surface area contributed by atoms with Gasteiger partial charge in [0.25, 0.3) is 0 Å². The Morgan fingerprint density at radius 2 is 1.68 bits per heavy atom. The summed E-state index contributed by atoms with van der Waals surface area (Å²) in [5, 5.41) is 4.53. The molecule has 0 spiro atoms. The molecule has 1 N–H and O–H groups in total. The molecule has 2 heteroatoms. The maximum absolute atomic E-state index is 6.24. The van der Waals surface area contributed by atoms with Crippen molar-refractivity contribution in [3.8, 4) is 0 Å². The van der Waals surface area contributed by atoms with Crippen molar-refractivity contribution in [1.82, 2.24) is 0 Å². The predicted molar refractivity (Wildman–Crippen MR) is 82.0 cm³/mol. The number of anilines is 1. The summed E-state index contributed by atoms with van der Waals surface area (Å²) in [5.74, 6) is 0.607. The second-order valence-corrected chi connectivity index (χ2v) is 5.75. The number of hydrogen-bond donors (Lipinski definition) is 1. The molecule has 0 unspecified atom stereocenters. The highest BCUT2D eigenvalue weighted by Crippen LogP contribution is 2.41. The fourth-order valence-electron chi connectivity index (χ4n) is 2.75. The van der Waals surface area contributed by atoms with Crippen LogP contribution in [0.2, 0.25) is 5.02 Å². The molecule has 1 aliphatic rings. The summed E-state index contributed by atoms with van der Waals surface area (Å²) >= 11 is 6.24. The highest BCUT2D eigenvalue weighted by atomic mass is 35.5. The molecule has 0 saturated heterocycles. The van der Waals surface area contributed by atoms with Gasteiger partial charge in [0.15, 0.2) is 0 Å². The van der Waals surface area contributed by atoms with E-state index in [1.54, 1.807) is 0 Å². The third-order valence-corrected chi connectivity index (χ3v) is 4.33. The Bertz CT molecular complexity index is 573. The van der Waals surface area contributed by atoms with Gasteiger partial charge in [-0.15, -0.1) is 0 Å². The van der Waals surface area contributed by atoms with Crippen LogP contribution in [-0.2, 0) is 0 Å². The number of benzene rings is 2. The van der Waals surface area contributed by atoms with Crippen LogP contribution in [0.3, 0.4) is 0 Å². The number of aryl methyl sites for hydroxylation is 1. The second kappa shape index (κ2) is 5.26. The van der Waals surface area contributed by atoms with Crippen molar-refractivity contribution in [2.45, 2.75) is 31.7 Å². The molecule has 2 aromatic rings. The van der Waals surface area contributed by atoms with E-state index in [1.165, 1.54) is 16.8 Å². The lowest BCUT2D eigenvalue weighted by atomic mass is 9.75. The summed E-state index contributed by atoms with van der Waals surface area (Å²) in [5.41, 5.74) is 3.86. The van der Waals surface area contributed by atoms with Gasteiger partial charge in [-0.3, -0.25) is 0 Å². The minimum atomic E-state index is 0.572. The molecular weight excluding hydrogens is 254 g/mol. The molecule has 98 valence electrons. The summed E-state index contributed by atoms with van der Waals surface area (Å²) in [6.07, 6.45) is 2.33. The Labute approximate surface area is 119 Å². The summed E-state index contributed by atoms with van der Waals surface area (Å²) in [6.45, 7) is 2.15. The molecule has 0 amide bonds. The molecule has 3 rings (SSSR count). The topological polar surface area (TPSA) is 12.0 Å². The van der Waals surface area contributed by atoms with Crippen LogP contribution in [0.25, 0.3) is 0 Å². The quantitative estimate of drug-likeness (QED) is 0.828. The van der Waals surface area contributed by atoms with Crippen molar-refractivity contribution in [1.29, 1.82) is 0 Å². The van der Waals surface area contributed by atoms with Crippen LogP contribution in [0.1, 0.15) is 29.9 Å². The van der Waals surface area contributed by atoms with Gasteiger partial charge < -0.3 is 5.32 Å². The number of nitrogens with one attached hydrogen (secondary N) is 1. The smallest absolute Gasteiger partial charge is 0.0440 e. The van der Waals surface area contributed by atoms with Crippen LogP contribution in [0.5, 0.6) is 0 Å². The predicted octanol–water partition coefficient (Wildman–Crippen LogP) is 5.01. The maximum Gasteiger partial charge on any atom is 0.0440 e. The lowest BCUT2D eigenvalue weighted by Gasteiger charge is -2.37. The van der Waals surface area contributed by atoms with Crippen molar-refractivity contribution < 1.29 is 0 Å². The number of rotatable bonds is 3. The van der Waals surface area contributed by atoms with E-state index in [0.29, 0.717) is 12.0 Å². The molecule has 19 heavy (non-hydrogen) atoms. The average Bonchev–Trinajstić information content (AvgIpc) is 2.37. The van der Waals surface area contributed by atoms with Crippen molar-refractivity contribution >= 4 is 17.3 Å². The zero-order valence-electron chi connectivity index (χ0n) is 11.1. The highest BCUT2D eigenvalue weighted by molar-refractivity contribution is 6.31. The van der Waals surface area contributed by atoms with Crippen molar-refractivity contribution in [3.05, 3.63) is 64.7 Å². The van der Waals surface area contributed by atoms with E-state index >= 15 is 0 Å². The monoisotopic (exact) mass is 271 g/mol. The lowest BCUT2D eigenvalue weighted by molar-refractivity contribution is 0.374.